The normalized spacial score (nSPS) is 32.2. The first-order valence-electron chi connectivity index (χ1n) is 9.92. The number of methoxy groups -OCH3 is 1. The Bertz CT molecular complexity index is 632. The lowest BCUT2D eigenvalue weighted by molar-refractivity contribution is -0.134. The molecule has 0 aromatic heterocycles. The quantitative estimate of drug-likeness (QED) is 0.823. The second-order valence-electron chi connectivity index (χ2n) is 7.77. The summed E-state index contributed by atoms with van der Waals surface area (Å²) in [5.41, 5.74) is 1.20. The molecule has 25 heavy (non-hydrogen) atoms. The molecule has 1 amide bonds. The smallest absolute Gasteiger partial charge is 0.226 e. The Balaban J connectivity index is 1.46. The third kappa shape index (κ3) is 3.05. The van der Waals surface area contributed by atoms with Gasteiger partial charge in [-0.2, -0.15) is 0 Å². The van der Waals surface area contributed by atoms with Crippen molar-refractivity contribution >= 4 is 5.91 Å². The Morgan fingerprint density at radius 1 is 1.16 bits per heavy atom. The van der Waals surface area contributed by atoms with Crippen LogP contribution in [-0.2, 0) is 4.79 Å². The lowest BCUT2D eigenvalue weighted by Crippen LogP contribution is -2.48. The Labute approximate surface area is 151 Å². The summed E-state index contributed by atoms with van der Waals surface area (Å²) >= 11 is 0. The van der Waals surface area contributed by atoms with Gasteiger partial charge >= 0.3 is 0 Å². The number of likely N-dealkylation sites (tertiary alicyclic amines) is 2. The van der Waals surface area contributed by atoms with E-state index in [2.05, 4.69) is 22.8 Å². The highest BCUT2D eigenvalue weighted by Gasteiger charge is 2.50. The highest BCUT2D eigenvalue weighted by Crippen LogP contribution is 2.52. The van der Waals surface area contributed by atoms with Crippen LogP contribution in [-0.4, -0.2) is 54.5 Å². The third-order valence-electron chi connectivity index (χ3n) is 6.49. The van der Waals surface area contributed by atoms with Crippen LogP contribution in [0, 0.1) is 5.92 Å². The molecule has 2 saturated heterocycles. The molecule has 0 bridgehead atoms. The van der Waals surface area contributed by atoms with Crippen LogP contribution in [0.5, 0.6) is 5.75 Å². The summed E-state index contributed by atoms with van der Waals surface area (Å²) in [5.74, 6) is 1.82. The van der Waals surface area contributed by atoms with E-state index in [-0.39, 0.29) is 5.92 Å². The zero-order valence-corrected chi connectivity index (χ0v) is 15.5. The summed E-state index contributed by atoms with van der Waals surface area (Å²) in [7, 11) is 1.72. The van der Waals surface area contributed by atoms with Crippen LogP contribution in [0.1, 0.15) is 50.5 Å². The van der Waals surface area contributed by atoms with Crippen LogP contribution in [0.4, 0.5) is 0 Å². The van der Waals surface area contributed by atoms with Gasteiger partial charge in [-0.3, -0.25) is 9.69 Å². The van der Waals surface area contributed by atoms with Crippen LogP contribution in [0.15, 0.2) is 24.3 Å². The molecule has 1 aromatic carbocycles. The molecule has 0 radical (unpaired) electrons. The first-order valence-corrected chi connectivity index (χ1v) is 9.92. The number of hydrogen-bond acceptors (Lipinski definition) is 3. The van der Waals surface area contributed by atoms with Gasteiger partial charge in [-0.25, -0.2) is 0 Å². The second kappa shape index (κ2) is 6.99. The summed E-state index contributed by atoms with van der Waals surface area (Å²) in [6.07, 6.45) is 5.85. The van der Waals surface area contributed by atoms with Gasteiger partial charge in [-0.15, -0.1) is 0 Å². The maximum Gasteiger partial charge on any atom is 0.226 e. The second-order valence-corrected chi connectivity index (χ2v) is 7.77. The van der Waals surface area contributed by atoms with Crippen molar-refractivity contribution in [2.24, 2.45) is 5.92 Å². The first kappa shape index (κ1) is 16.9. The predicted octanol–water partition coefficient (Wildman–Crippen LogP) is 3.27. The average molecular weight is 342 g/mol. The van der Waals surface area contributed by atoms with Gasteiger partial charge in [0.2, 0.25) is 5.91 Å². The number of hydrogen-bond donors (Lipinski definition) is 0. The van der Waals surface area contributed by atoms with E-state index < -0.39 is 0 Å². The molecule has 1 aromatic rings. The van der Waals surface area contributed by atoms with Crippen LogP contribution >= 0.6 is 0 Å². The Morgan fingerprint density at radius 2 is 1.92 bits per heavy atom. The molecule has 0 N–H and O–H groups in total. The third-order valence-corrected chi connectivity index (χ3v) is 6.49. The molecular formula is C21H30N2O2. The van der Waals surface area contributed by atoms with Crippen LogP contribution in [0.25, 0.3) is 0 Å². The van der Waals surface area contributed by atoms with Crippen molar-refractivity contribution in [2.75, 3.05) is 26.7 Å². The van der Waals surface area contributed by atoms with Gasteiger partial charge in [0.15, 0.2) is 0 Å². The number of carbonyl (C=O) groups is 1. The predicted molar refractivity (Wildman–Crippen MR) is 98.8 cm³/mol. The molecule has 1 saturated carbocycles. The Hall–Kier alpha value is -1.55. The molecule has 0 spiro atoms. The maximum absolute atomic E-state index is 13.2. The van der Waals surface area contributed by atoms with E-state index in [0.717, 1.165) is 31.7 Å². The zero-order chi connectivity index (χ0) is 17.4. The number of nitrogens with zero attached hydrogens (tertiary/aromatic N) is 2. The molecule has 136 valence electrons. The molecule has 2 aliphatic heterocycles. The summed E-state index contributed by atoms with van der Waals surface area (Å²) in [6.45, 7) is 5.51. The van der Waals surface area contributed by atoms with Crippen molar-refractivity contribution in [3.63, 3.8) is 0 Å². The van der Waals surface area contributed by atoms with Gasteiger partial charge < -0.3 is 9.64 Å². The summed E-state index contributed by atoms with van der Waals surface area (Å²) in [4.78, 5) is 18.0. The molecule has 0 unspecified atom stereocenters. The average Bonchev–Trinajstić information content (AvgIpc) is 3.06. The molecule has 4 heteroatoms. The van der Waals surface area contributed by atoms with E-state index in [1.54, 1.807) is 7.11 Å². The van der Waals surface area contributed by atoms with Gasteiger partial charge in [0.25, 0.3) is 0 Å². The minimum absolute atomic E-state index is 0.161. The lowest BCUT2D eigenvalue weighted by atomic mass is 10.0. The van der Waals surface area contributed by atoms with Crippen LogP contribution < -0.4 is 4.74 Å². The van der Waals surface area contributed by atoms with E-state index in [1.165, 1.54) is 31.4 Å². The van der Waals surface area contributed by atoms with Crippen molar-refractivity contribution in [3.05, 3.63) is 29.8 Å². The van der Waals surface area contributed by atoms with Crippen molar-refractivity contribution in [3.8, 4) is 5.75 Å². The van der Waals surface area contributed by atoms with Gasteiger partial charge in [0, 0.05) is 24.5 Å². The maximum atomic E-state index is 13.2. The fraction of sp³-hybridized carbons (Fsp3) is 0.667. The van der Waals surface area contributed by atoms with Gasteiger partial charge in [0.05, 0.1) is 7.11 Å². The number of likely N-dealkylation sites (N-methyl/N-ethyl adjacent to an activating group) is 1. The summed E-state index contributed by atoms with van der Waals surface area (Å²) < 4.78 is 5.50. The minimum atomic E-state index is 0.161. The van der Waals surface area contributed by atoms with Gasteiger partial charge in [0.1, 0.15) is 5.75 Å². The molecule has 4 rings (SSSR count). The molecule has 4 atom stereocenters. The molecule has 3 fully saturated rings. The zero-order valence-electron chi connectivity index (χ0n) is 15.5. The summed E-state index contributed by atoms with van der Waals surface area (Å²) in [5, 5.41) is 0. The molecule has 2 heterocycles. The number of amides is 1. The van der Waals surface area contributed by atoms with Gasteiger partial charge in [-0.05, 0) is 62.7 Å². The monoisotopic (exact) mass is 342 g/mol. The molecular weight excluding hydrogens is 312 g/mol. The van der Waals surface area contributed by atoms with Gasteiger partial charge in [-0.1, -0.05) is 25.1 Å². The highest BCUT2D eigenvalue weighted by atomic mass is 16.5. The number of para-hydroxylation sites is 1. The standard InChI is InChI=1S/C21H30N2O2/c1-3-22-12-6-9-18(22)19-10-7-13-23(19)21(24)17-14-16(17)15-8-4-5-11-20(15)25-2/h4-5,8,11,16-19H,3,6-7,9-10,12-14H2,1-2H3/t16-,17-,18-,19+/m1/s1. The number of carbonyl (C=O) groups excluding carboxylic acids is 1. The Kier molecular flexibility index (Phi) is 4.72. The number of rotatable bonds is 5. The largest absolute Gasteiger partial charge is 0.496 e. The van der Waals surface area contributed by atoms with Crippen molar-refractivity contribution in [1.82, 2.24) is 9.80 Å². The fourth-order valence-corrected chi connectivity index (χ4v) is 5.14. The topological polar surface area (TPSA) is 32.8 Å². The number of benzene rings is 1. The van der Waals surface area contributed by atoms with Crippen molar-refractivity contribution in [1.29, 1.82) is 0 Å². The lowest BCUT2D eigenvalue weighted by Gasteiger charge is -2.34. The van der Waals surface area contributed by atoms with E-state index >= 15 is 0 Å². The van der Waals surface area contributed by atoms with E-state index in [9.17, 15) is 4.79 Å². The SMILES string of the molecule is CCN1CCC[C@@H]1[C@@H]1CCCN1C(=O)[C@@H]1C[C@@H]1c1ccccc1OC. The minimum Gasteiger partial charge on any atom is -0.496 e. The van der Waals surface area contributed by atoms with E-state index in [1.807, 2.05) is 18.2 Å². The molecule has 3 aliphatic rings. The Morgan fingerprint density at radius 3 is 2.72 bits per heavy atom. The van der Waals surface area contributed by atoms with Crippen molar-refractivity contribution < 1.29 is 9.53 Å². The van der Waals surface area contributed by atoms with Crippen LogP contribution in [0.3, 0.4) is 0 Å². The van der Waals surface area contributed by atoms with E-state index in [0.29, 0.717) is 23.9 Å². The summed E-state index contributed by atoms with van der Waals surface area (Å²) in [6, 6.07) is 9.19. The number of ether oxygens (including phenoxy) is 1. The van der Waals surface area contributed by atoms with E-state index in [4.69, 9.17) is 4.74 Å². The molecule has 1 aliphatic carbocycles. The molecule has 4 nitrogen and oxygen atoms in total. The van der Waals surface area contributed by atoms with Crippen LogP contribution in [0.2, 0.25) is 0 Å². The highest BCUT2D eigenvalue weighted by molar-refractivity contribution is 5.84. The van der Waals surface area contributed by atoms with Crippen molar-refractivity contribution in [2.45, 2.75) is 57.0 Å². The fourth-order valence-electron chi connectivity index (χ4n) is 5.14. The first-order chi connectivity index (χ1) is 12.2.